The Morgan fingerprint density at radius 3 is 2.67 bits per heavy atom. The van der Waals surface area contributed by atoms with Gasteiger partial charge in [-0.2, -0.15) is 0 Å². The summed E-state index contributed by atoms with van der Waals surface area (Å²) < 4.78 is 0. The molecule has 1 aliphatic rings. The molecular weight excluding hydrogens is 209 g/mol. The molecule has 0 aromatic carbocycles. The first-order valence-corrected chi connectivity index (χ1v) is 5.51. The molecule has 0 fully saturated rings. The molecule has 1 aromatic heterocycles. The van der Waals surface area contributed by atoms with Crippen LogP contribution in [0.3, 0.4) is 0 Å². The molecule has 1 aromatic rings. The van der Waals surface area contributed by atoms with Crippen LogP contribution in [0.25, 0.3) is 0 Å². The Labute approximate surface area is 103 Å². The van der Waals surface area contributed by atoms with Crippen LogP contribution in [-0.2, 0) is 13.1 Å². The Balaban J connectivity index is 0.00000112. The van der Waals surface area contributed by atoms with Gasteiger partial charge in [0.05, 0.1) is 23.6 Å². The Bertz CT molecular complexity index is 382. The molecule has 0 radical (unpaired) electrons. The fourth-order valence-corrected chi connectivity index (χ4v) is 2.82. The summed E-state index contributed by atoms with van der Waals surface area (Å²) in [5.41, 5.74) is 2.38. The van der Waals surface area contributed by atoms with Crippen molar-refractivity contribution in [1.29, 1.82) is 0 Å². The van der Waals surface area contributed by atoms with Crippen molar-refractivity contribution >= 4 is 15.8 Å². The quantitative estimate of drug-likeness (QED) is 0.369. The topological polar surface area (TPSA) is 59.5 Å². The van der Waals surface area contributed by atoms with Gasteiger partial charge in [-0.05, 0) is 0 Å². The van der Waals surface area contributed by atoms with Crippen LogP contribution < -0.4 is 24.0 Å². The smallest absolute Gasteiger partial charge is 0.500 e. The van der Waals surface area contributed by atoms with Gasteiger partial charge in [-0.15, -0.1) is 0 Å². The zero-order valence-electron chi connectivity index (χ0n) is 9.06. The third-order valence-corrected chi connectivity index (χ3v) is 3.99. The summed E-state index contributed by atoms with van der Waals surface area (Å²) in [6, 6.07) is 0. The number of hydrazine groups is 1. The molecule has 15 heavy (non-hydrogen) atoms. The minimum atomic E-state index is -1.03. The molecule has 1 aliphatic heterocycles. The molecule has 7 heteroatoms. The average Bonchev–Trinajstić information content (AvgIpc) is 2.48. The van der Waals surface area contributed by atoms with Gasteiger partial charge in [0.15, 0.2) is 4.88 Å². The zero-order valence-corrected chi connectivity index (χ0v) is 9.87. The van der Waals surface area contributed by atoms with E-state index in [1.807, 2.05) is 24.1 Å². The predicted octanol–water partition coefficient (Wildman–Crippen LogP) is -3.18. The second kappa shape index (κ2) is 4.64. The summed E-state index contributed by atoms with van der Waals surface area (Å²) in [7, 11) is 2.98. The molecule has 0 bridgehead atoms. The van der Waals surface area contributed by atoms with Crippen LogP contribution in [0.2, 0.25) is 0 Å². The van der Waals surface area contributed by atoms with E-state index in [1.54, 1.807) is 0 Å². The minimum Gasteiger partial charge on any atom is -0.500 e. The Kier molecular flexibility index (Phi) is 3.92. The molecule has 0 amide bonds. The summed E-state index contributed by atoms with van der Waals surface area (Å²) in [6.07, 6.45) is 0. The van der Waals surface area contributed by atoms with Crippen LogP contribution >= 0.6 is 10.5 Å². The van der Waals surface area contributed by atoms with Crippen LogP contribution in [0.1, 0.15) is 10.6 Å². The number of aromatic nitrogens is 1. The molecule has 0 aliphatic carbocycles. The summed E-state index contributed by atoms with van der Waals surface area (Å²) in [5, 5.41) is 13.8. The van der Waals surface area contributed by atoms with Gasteiger partial charge in [-0.1, -0.05) is 0 Å². The first kappa shape index (κ1) is 12.7. The van der Waals surface area contributed by atoms with Crippen molar-refractivity contribution in [3.8, 4) is 0 Å². The standard InChI is InChI=1S/C8H11N3O2S.Li/c1-10-3-6-7(4-11(10)2)14(5-9-6)8(12)13;/h5H,3-4H2,1-2H3;/q;+1. The van der Waals surface area contributed by atoms with Gasteiger partial charge in [0.2, 0.25) is 5.51 Å². The van der Waals surface area contributed by atoms with Gasteiger partial charge in [0.25, 0.3) is 0 Å². The van der Waals surface area contributed by atoms with Gasteiger partial charge in [0, 0.05) is 14.1 Å². The molecule has 2 rings (SSSR count). The van der Waals surface area contributed by atoms with E-state index < -0.39 is 15.8 Å². The summed E-state index contributed by atoms with van der Waals surface area (Å²) >= 11 is 0. The Hall–Kier alpha value is -0.383. The maximum atomic E-state index is 10.8. The fraction of sp³-hybridized carbons (Fsp3) is 0.500. The molecule has 1 atom stereocenters. The van der Waals surface area contributed by atoms with E-state index in [9.17, 15) is 9.90 Å². The summed E-state index contributed by atoms with van der Waals surface area (Å²) in [6.45, 7) is 1.31. The van der Waals surface area contributed by atoms with Crippen molar-refractivity contribution in [1.82, 2.24) is 15.0 Å². The molecule has 1 unspecified atom stereocenters. The Morgan fingerprint density at radius 2 is 2.07 bits per heavy atom. The second-order valence-corrected chi connectivity index (χ2v) is 5.04. The number of hydrogen-bond donors (Lipinski definition) is 0. The maximum Gasteiger partial charge on any atom is 1.00 e. The molecule has 0 saturated carbocycles. The first-order valence-electron chi connectivity index (χ1n) is 4.22. The Morgan fingerprint density at radius 1 is 1.47 bits per heavy atom. The van der Waals surface area contributed by atoms with Crippen molar-refractivity contribution in [3.05, 3.63) is 16.1 Å². The normalized spacial score (nSPS) is 18.1. The van der Waals surface area contributed by atoms with Crippen LogP contribution in [-0.4, -0.2) is 34.4 Å². The van der Waals surface area contributed by atoms with Crippen molar-refractivity contribution < 1.29 is 28.8 Å². The largest absolute Gasteiger partial charge is 1.00 e. The molecule has 2 heterocycles. The predicted molar refractivity (Wildman–Crippen MR) is 50.4 cm³/mol. The monoisotopic (exact) mass is 220 g/mol. The maximum absolute atomic E-state index is 10.8. The van der Waals surface area contributed by atoms with Crippen molar-refractivity contribution in [2.24, 2.45) is 0 Å². The number of fused-ring (bicyclic) bond motifs is 1. The molecule has 0 saturated heterocycles. The van der Waals surface area contributed by atoms with E-state index in [-0.39, 0.29) is 18.9 Å². The summed E-state index contributed by atoms with van der Waals surface area (Å²) in [5.74, 6) is 0. The third-order valence-electron chi connectivity index (χ3n) is 2.41. The van der Waals surface area contributed by atoms with Gasteiger partial charge in [-0.3, -0.25) is 0 Å². The van der Waals surface area contributed by atoms with E-state index >= 15 is 0 Å². The van der Waals surface area contributed by atoms with Crippen LogP contribution in [0.5, 0.6) is 0 Å². The van der Waals surface area contributed by atoms with E-state index in [2.05, 4.69) is 4.98 Å². The molecule has 0 spiro atoms. The number of nitrogens with zero attached hydrogens (tertiary/aromatic N) is 3. The van der Waals surface area contributed by atoms with Crippen LogP contribution in [0.4, 0.5) is 4.79 Å². The SMILES string of the molecule is CN1Cc2nc[s+](C(=O)[O-])c2CN1C.[Li+]. The van der Waals surface area contributed by atoms with Crippen LogP contribution in [0.15, 0.2) is 5.51 Å². The van der Waals surface area contributed by atoms with Gasteiger partial charge in [-0.25, -0.2) is 15.0 Å². The van der Waals surface area contributed by atoms with Crippen molar-refractivity contribution in [2.75, 3.05) is 14.1 Å². The summed E-state index contributed by atoms with van der Waals surface area (Å²) in [4.78, 5) is 15.8. The van der Waals surface area contributed by atoms with Crippen LogP contribution in [0, 0.1) is 0 Å². The van der Waals surface area contributed by atoms with E-state index in [4.69, 9.17) is 0 Å². The van der Waals surface area contributed by atoms with Crippen molar-refractivity contribution in [2.45, 2.75) is 13.1 Å². The van der Waals surface area contributed by atoms with Gasteiger partial charge in [0.1, 0.15) is 5.69 Å². The van der Waals surface area contributed by atoms with Gasteiger partial charge >= 0.3 is 24.2 Å². The number of hydrogen-bond acceptors (Lipinski definition) is 5. The molecule has 5 nitrogen and oxygen atoms in total. The van der Waals surface area contributed by atoms with E-state index in [1.165, 1.54) is 5.51 Å². The number of thiazole rings is 1. The molecule has 76 valence electrons. The first-order chi connectivity index (χ1) is 6.59. The molecule has 0 N–H and O–H groups in total. The van der Waals surface area contributed by atoms with Crippen molar-refractivity contribution in [3.63, 3.8) is 0 Å². The second-order valence-electron chi connectivity index (χ2n) is 3.32. The van der Waals surface area contributed by atoms with E-state index in [0.29, 0.717) is 13.1 Å². The van der Waals surface area contributed by atoms with Gasteiger partial charge < -0.3 is 9.90 Å². The fourth-order valence-electron chi connectivity index (χ4n) is 1.48. The number of rotatable bonds is 1. The number of carbonyl (C=O) groups excluding carboxylic acids is 1. The minimum absolute atomic E-state index is 0. The molecular formula is C8H11LiN3O2S+. The number of carboxylic acid groups (broad SMARTS) is 1. The third kappa shape index (κ3) is 2.24. The average molecular weight is 220 g/mol. The van der Waals surface area contributed by atoms with E-state index in [0.717, 1.165) is 10.6 Å². The number of carbonyl (C=O) groups is 1. The zero-order chi connectivity index (χ0) is 10.3.